The van der Waals surface area contributed by atoms with Crippen LogP contribution < -0.4 is 16.2 Å². The molecule has 4 nitrogen and oxygen atoms in total. The number of primary amides is 1. The van der Waals surface area contributed by atoms with Crippen molar-refractivity contribution in [2.45, 2.75) is 18.3 Å². The molecule has 0 fully saturated rings. The smallest absolute Gasteiger partial charge is 0.406 e. The van der Waals surface area contributed by atoms with Gasteiger partial charge in [-0.3, -0.25) is 4.79 Å². The quantitative estimate of drug-likeness (QED) is 0.887. The topological polar surface area (TPSA) is 78.3 Å². The molecule has 4 N–H and O–H groups in total. The Bertz CT molecular complexity index is 675. The lowest BCUT2D eigenvalue weighted by atomic mass is 9.85. The minimum atomic E-state index is -4.80. The molecule has 0 heterocycles. The Morgan fingerprint density at radius 2 is 1.61 bits per heavy atom. The van der Waals surface area contributed by atoms with Gasteiger partial charge in [0.25, 0.3) is 0 Å². The van der Waals surface area contributed by atoms with E-state index in [1.807, 2.05) is 0 Å². The first kappa shape index (κ1) is 16.8. The van der Waals surface area contributed by atoms with Gasteiger partial charge in [0.05, 0.1) is 6.04 Å². The van der Waals surface area contributed by atoms with Gasteiger partial charge in [-0.05, 0) is 23.3 Å². The zero-order valence-corrected chi connectivity index (χ0v) is 12.0. The van der Waals surface area contributed by atoms with E-state index >= 15 is 0 Å². The molecule has 0 aliphatic rings. The molecule has 2 aromatic carbocycles. The van der Waals surface area contributed by atoms with Crippen molar-refractivity contribution in [2.24, 2.45) is 11.5 Å². The highest BCUT2D eigenvalue weighted by Crippen LogP contribution is 2.31. The van der Waals surface area contributed by atoms with Gasteiger partial charge in [-0.2, -0.15) is 0 Å². The Morgan fingerprint density at radius 3 is 2.17 bits per heavy atom. The van der Waals surface area contributed by atoms with Crippen LogP contribution in [0.3, 0.4) is 0 Å². The summed E-state index contributed by atoms with van der Waals surface area (Å²) in [4.78, 5) is 11.5. The summed E-state index contributed by atoms with van der Waals surface area (Å²) in [5.41, 5.74) is 12.2. The molecule has 0 saturated carbocycles. The first-order chi connectivity index (χ1) is 10.8. The average Bonchev–Trinajstić information content (AvgIpc) is 2.47. The van der Waals surface area contributed by atoms with Crippen molar-refractivity contribution < 1.29 is 22.7 Å². The minimum Gasteiger partial charge on any atom is -0.406 e. The second kappa shape index (κ2) is 6.70. The molecule has 0 bridgehead atoms. The third-order valence-corrected chi connectivity index (χ3v) is 3.30. The van der Waals surface area contributed by atoms with Crippen LogP contribution in [0.2, 0.25) is 0 Å². The standard InChI is InChI=1S/C16H15F3N2O2/c17-16(18,19)23-12-8-4-7-11(9-12)13(14(20)15(21)22)10-5-2-1-3-6-10/h1-9,13-14H,20H2,(H2,21,22)/t13?,14-/m0/s1. The number of amides is 1. The molecule has 2 aromatic rings. The van der Waals surface area contributed by atoms with E-state index in [0.29, 0.717) is 11.1 Å². The molecular weight excluding hydrogens is 309 g/mol. The van der Waals surface area contributed by atoms with Crippen LogP contribution in [0.5, 0.6) is 5.75 Å². The maximum Gasteiger partial charge on any atom is 0.573 e. The highest BCUT2D eigenvalue weighted by molar-refractivity contribution is 5.81. The molecule has 0 spiro atoms. The number of carbonyl (C=O) groups is 1. The summed E-state index contributed by atoms with van der Waals surface area (Å²) in [6.07, 6.45) is -4.80. The number of benzene rings is 2. The van der Waals surface area contributed by atoms with Gasteiger partial charge >= 0.3 is 6.36 Å². The van der Waals surface area contributed by atoms with E-state index < -0.39 is 24.2 Å². The molecule has 1 unspecified atom stereocenters. The Labute approximate surface area is 130 Å². The van der Waals surface area contributed by atoms with Gasteiger partial charge in [0.1, 0.15) is 5.75 Å². The molecule has 1 amide bonds. The number of carbonyl (C=O) groups excluding carboxylic acids is 1. The lowest BCUT2D eigenvalue weighted by Crippen LogP contribution is -2.41. The zero-order valence-electron chi connectivity index (χ0n) is 12.0. The van der Waals surface area contributed by atoms with E-state index in [9.17, 15) is 18.0 Å². The lowest BCUT2D eigenvalue weighted by molar-refractivity contribution is -0.274. The van der Waals surface area contributed by atoms with Gasteiger partial charge in [-0.1, -0.05) is 42.5 Å². The first-order valence-electron chi connectivity index (χ1n) is 6.73. The summed E-state index contributed by atoms with van der Waals surface area (Å²) in [7, 11) is 0. The summed E-state index contributed by atoms with van der Waals surface area (Å²) in [5, 5.41) is 0. The molecule has 0 aliphatic carbocycles. The van der Waals surface area contributed by atoms with Gasteiger partial charge in [0.2, 0.25) is 5.91 Å². The Kier molecular flexibility index (Phi) is 4.90. The molecule has 0 aromatic heterocycles. The summed E-state index contributed by atoms with van der Waals surface area (Å²) in [6, 6.07) is 13.0. The zero-order chi connectivity index (χ0) is 17.0. The number of rotatable bonds is 5. The van der Waals surface area contributed by atoms with E-state index in [4.69, 9.17) is 11.5 Å². The van der Waals surface area contributed by atoms with Crippen LogP contribution in [-0.2, 0) is 4.79 Å². The SMILES string of the molecule is NC(=O)[C@@H](N)C(c1ccccc1)c1cccc(OC(F)(F)F)c1. The molecule has 0 radical (unpaired) electrons. The molecule has 2 rings (SSSR count). The third kappa shape index (κ3) is 4.46. The number of hydrogen-bond donors (Lipinski definition) is 2. The Hall–Kier alpha value is -2.54. The normalized spacial score (nSPS) is 14.1. The lowest BCUT2D eigenvalue weighted by Gasteiger charge is -2.23. The van der Waals surface area contributed by atoms with Crippen molar-refractivity contribution in [3.8, 4) is 5.75 Å². The number of halogens is 3. The van der Waals surface area contributed by atoms with E-state index in [-0.39, 0.29) is 5.75 Å². The number of ether oxygens (including phenoxy) is 1. The minimum absolute atomic E-state index is 0.382. The Balaban J connectivity index is 2.44. The molecule has 2 atom stereocenters. The van der Waals surface area contributed by atoms with Crippen LogP contribution in [0.1, 0.15) is 17.0 Å². The maximum atomic E-state index is 12.4. The van der Waals surface area contributed by atoms with Crippen LogP contribution in [0, 0.1) is 0 Å². The molecule has 122 valence electrons. The monoisotopic (exact) mass is 324 g/mol. The van der Waals surface area contributed by atoms with Crippen molar-refractivity contribution >= 4 is 5.91 Å². The van der Waals surface area contributed by atoms with E-state index in [0.717, 1.165) is 0 Å². The van der Waals surface area contributed by atoms with E-state index in [2.05, 4.69) is 4.74 Å². The fourth-order valence-corrected chi connectivity index (χ4v) is 2.34. The highest BCUT2D eigenvalue weighted by atomic mass is 19.4. The molecule has 0 aliphatic heterocycles. The number of nitrogens with two attached hydrogens (primary N) is 2. The van der Waals surface area contributed by atoms with Crippen LogP contribution >= 0.6 is 0 Å². The van der Waals surface area contributed by atoms with Crippen molar-refractivity contribution in [1.82, 2.24) is 0 Å². The summed E-state index contributed by atoms with van der Waals surface area (Å²) in [6.45, 7) is 0. The van der Waals surface area contributed by atoms with Crippen molar-refractivity contribution in [3.05, 3.63) is 65.7 Å². The van der Waals surface area contributed by atoms with E-state index in [1.165, 1.54) is 18.2 Å². The highest BCUT2D eigenvalue weighted by Gasteiger charge is 2.32. The fraction of sp³-hybridized carbons (Fsp3) is 0.188. The van der Waals surface area contributed by atoms with Gasteiger partial charge < -0.3 is 16.2 Å². The van der Waals surface area contributed by atoms with Crippen molar-refractivity contribution in [2.75, 3.05) is 0 Å². The third-order valence-electron chi connectivity index (χ3n) is 3.30. The molecule has 7 heteroatoms. The van der Waals surface area contributed by atoms with Gasteiger partial charge in [-0.25, -0.2) is 0 Å². The van der Waals surface area contributed by atoms with E-state index in [1.54, 1.807) is 36.4 Å². The van der Waals surface area contributed by atoms with Crippen LogP contribution in [0.4, 0.5) is 13.2 Å². The second-order valence-corrected chi connectivity index (χ2v) is 4.94. The Morgan fingerprint density at radius 1 is 1.00 bits per heavy atom. The average molecular weight is 324 g/mol. The molecule has 23 heavy (non-hydrogen) atoms. The fourth-order valence-electron chi connectivity index (χ4n) is 2.34. The summed E-state index contributed by atoms with van der Waals surface area (Å²) < 4.78 is 41.0. The summed E-state index contributed by atoms with van der Waals surface area (Å²) in [5.74, 6) is -1.81. The predicted octanol–water partition coefficient (Wildman–Crippen LogP) is 2.53. The number of hydrogen-bond acceptors (Lipinski definition) is 3. The molecular formula is C16H15F3N2O2. The van der Waals surface area contributed by atoms with Crippen molar-refractivity contribution in [3.63, 3.8) is 0 Å². The van der Waals surface area contributed by atoms with Crippen molar-refractivity contribution in [1.29, 1.82) is 0 Å². The van der Waals surface area contributed by atoms with Crippen LogP contribution in [0.25, 0.3) is 0 Å². The van der Waals surface area contributed by atoms with Crippen LogP contribution in [-0.4, -0.2) is 18.3 Å². The van der Waals surface area contributed by atoms with Gasteiger partial charge in [0, 0.05) is 5.92 Å². The van der Waals surface area contributed by atoms with Gasteiger partial charge in [0.15, 0.2) is 0 Å². The second-order valence-electron chi connectivity index (χ2n) is 4.94. The van der Waals surface area contributed by atoms with Gasteiger partial charge in [-0.15, -0.1) is 13.2 Å². The molecule has 0 saturated heterocycles. The number of alkyl halides is 3. The van der Waals surface area contributed by atoms with Crippen LogP contribution in [0.15, 0.2) is 54.6 Å². The predicted molar refractivity (Wildman–Crippen MR) is 78.6 cm³/mol. The maximum absolute atomic E-state index is 12.4. The first-order valence-corrected chi connectivity index (χ1v) is 6.73. The largest absolute Gasteiger partial charge is 0.573 e. The summed E-state index contributed by atoms with van der Waals surface area (Å²) >= 11 is 0.